The maximum Gasteiger partial charge on any atom is 0.0802 e. The largest absolute Gasteiger partial charge is 0.388 e. The fraction of sp³-hybridized carbons (Fsp3) is 0.625. The van der Waals surface area contributed by atoms with Gasteiger partial charge in [-0.1, -0.05) is 40.9 Å². The van der Waals surface area contributed by atoms with Crippen LogP contribution in [0, 0.1) is 0 Å². The number of aliphatic hydroxyl groups is 1. The molecule has 1 N–H and O–H groups in total. The molecule has 2 rings (SSSR count). The van der Waals surface area contributed by atoms with E-state index in [4.69, 9.17) is 0 Å². The Kier molecular flexibility index (Phi) is 5.86. The van der Waals surface area contributed by atoms with Gasteiger partial charge >= 0.3 is 0 Å². The van der Waals surface area contributed by atoms with Gasteiger partial charge in [0, 0.05) is 17.1 Å². The first-order valence-electron chi connectivity index (χ1n) is 7.34. The van der Waals surface area contributed by atoms with Crippen molar-refractivity contribution in [1.82, 2.24) is 4.90 Å². The van der Waals surface area contributed by atoms with Gasteiger partial charge in [-0.2, -0.15) is 0 Å². The minimum absolute atomic E-state index is 0.344. The van der Waals surface area contributed by atoms with Gasteiger partial charge in [-0.15, -0.1) is 0 Å². The van der Waals surface area contributed by atoms with Crippen LogP contribution in [-0.4, -0.2) is 29.1 Å². The highest BCUT2D eigenvalue weighted by Crippen LogP contribution is 2.22. The van der Waals surface area contributed by atoms with Gasteiger partial charge in [0.05, 0.1) is 6.10 Å². The maximum absolute atomic E-state index is 10.3. The Bertz CT molecular complexity index is 379. The van der Waals surface area contributed by atoms with E-state index in [1.165, 1.54) is 32.2 Å². The number of aliphatic hydroxyl groups excluding tert-OH is 1. The van der Waals surface area contributed by atoms with E-state index in [9.17, 15) is 5.11 Å². The third kappa shape index (κ3) is 4.59. The summed E-state index contributed by atoms with van der Waals surface area (Å²) in [5, 5.41) is 10.3. The molecule has 19 heavy (non-hydrogen) atoms. The van der Waals surface area contributed by atoms with Crippen molar-refractivity contribution < 1.29 is 5.11 Å². The molecule has 0 radical (unpaired) electrons. The average molecular weight is 326 g/mol. The van der Waals surface area contributed by atoms with Crippen molar-refractivity contribution >= 4 is 15.9 Å². The van der Waals surface area contributed by atoms with Crippen LogP contribution in [0.5, 0.6) is 0 Å². The molecule has 1 aliphatic rings. The Morgan fingerprint density at radius 3 is 2.74 bits per heavy atom. The first-order chi connectivity index (χ1) is 9.16. The predicted octanol–water partition coefficient (Wildman–Crippen LogP) is 4.14. The van der Waals surface area contributed by atoms with E-state index < -0.39 is 0 Å². The summed E-state index contributed by atoms with van der Waals surface area (Å²) in [4.78, 5) is 2.54. The van der Waals surface area contributed by atoms with Gasteiger partial charge < -0.3 is 10.0 Å². The lowest BCUT2D eigenvalue weighted by atomic mass is 10.1. The van der Waals surface area contributed by atoms with Crippen molar-refractivity contribution in [2.75, 3.05) is 13.1 Å². The van der Waals surface area contributed by atoms with Crippen molar-refractivity contribution in [1.29, 1.82) is 0 Å². The number of hydrogen-bond acceptors (Lipinski definition) is 2. The van der Waals surface area contributed by atoms with Gasteiger partial charge in [0.1, 0.15) is 0 Å². The van der Waals surface area contributed by atoms with Gasteiger partial charge in [0.25, 0.3) is 0 Å². The molecule has 0 spiro atoms. The Morgan fingerprint density at radius 1 is 1.26 bits per heavy atom. The molecule has 1 heterocycles. The Balaban J connectivity index is 1.85. The molecule has 106 valence electrons. The molecule has 1 aromatic carbocycles. The van der Waals surface area contributed by atoms with Crippen LogP contribution in [0.4, 0.5) is 0 Å². The monoisotopic (exact) mass is 325 g/mol. The second kappa shape index (κ2) is 7.41. The maximum atomic E-state index is 10.3. The highest BCUT2D eigenvalue weighted by molar-refractivity contribution is 9.10. The van der Waals surface area contributed by atoms with Gasteiger partial charge in [-0.05, 0) is 50.4 Å². The summed E-state index contributed by atoms with van der Waals surface area (Å²) in [6.45, 7) is 4.50. The molecule has 1 saturated heterocycles. The molecule has 2 atom stereocenters. The zero-order valence-corrected chi connectivity index (χ0v) is 13.3. The summed E-state index contributed by atoms with van der Waals surface area (Å²) in [5.41, 5.74) is 1.02. The fourth-order valence-electron chi connectivity index (χ4n) is 2.81. The third-order valence-corrected chi connectivity index (χ3v) is 4.66. The SMILES string of the molecule is CC1CCCCCN1CCC(O)c1ccc(Br)cc1. The molecule has 0 saturated carbocycles. The van der Waals surface area contributed by atoms with Crippen LogP contribution in [0.2, 0.25) is 0 Å². The Labute approximate surface area is 124 Å². The third-order valence-electron chi connectivity index (χ3n) is 4.14. The van der Waals surface area contributed by atoms with Crippen LogP contribution < -0.4 is 0 Å². The number of halogens is 1. The topological polar surface area (TPSA) is 23.5 Å². The Morgan fingerprint density at radius 2 is 2.00 bits per heavy atom. The smallest absolute Gasteiger partial charge is 0.0802 e. The van der Waals surface area contributed by atoms with Crippen LogP contribution >= 0.6 is 15.9 Å². The predicted molar refractivity (Wildman–Crippen MR) is 83.2 cm³/mol. The molecule has 0 bridgehead atoms. The van der Waals surface area contributed by atoms with Crippen LogP contribution in [0.15, 0.2) is 28.7 Å². The average Bonchev–Trinajstić information content (AvgIpc) is 2.61. The second-order valence-corrected chi connectivity index (χ2v) is 6.51. The molecule has 1 aromatic rings. The van der Waals surface area contributed by atoms with Crippen molar-refractivity contribution in [3.63, 3.8) is 0 Å². The molecule has 3 heteroatoms. The number of likely N-dealkylation sites (tertiary alicyclic amines) is 1. The van der Waals surface area contributed by atoms with Crippen LogP contribution in [0.1, 0.15) is 50.7 Å². The summed E-state index contributed by atoms with van der Waals surface area (Å²) in [5.74, 6) is 0. The molecule has 1 fully saturated rings. The van der Waals surface area contributed by atoms with Gasteiger partial charge in [-0.3, -0.25) is 0 Å². The van der Waals surface area contributed by atoms with Crippen LogP contribution in [0.25, 0.3) is 0 Å². The lowest BCUT2D eigenvalue weighted by molar-refractivity contribution is 0.128. The molecular formula is C16H24BrNO. The first kappa shape index (κ1) is 15.0. The molecule has 2 nitrogen and oxygen atoms in total. The van der Waals surface area contributed by atoms with Crippen molar-refractivity contribution in [3.8, 4) is 0 Å². The molecular weight excluding hydrogens is 302 g/mol. The molecule has 2 unspecified atom stereocenters. The Hall–Kier alpha value is -0.380. The number of rotatable bonds is 4. The first-order valence-corrected chi connectivity index (χ1v) is 8.13. The fourth-order valence-corrected chi connectivity index (χ4v) is 3.07. The van der Waals surface area contributed by atoms with Crippen molar-refractivity contribution in [3.05, 3.63) is 34.3 Å². The highest BCUT2D eigenvalue weighted by Gasteiger charge is 2.18. The van der Waals surface area contributed by atoms with Crippen molar-refractivity contribution in [2.24, 2.45) is 0 Å². The normalized spacial score (nSPS) is 23.0. The van der Waals surface area contributed by atoms with E-state index in [2.05, 4.69) is 27.8 Å². The van der Waals surface area contributed by atoms with E-state index in [1.807, 2.05) is 24.3 Å². The van der Waals surface area contributed by atoms with E-state index in [-0.39, 0.29) is 6.10 Å². The van der Waals surface area contributed by atoms with E-state index in [0.717, 1.165) is 23.0 Å². The van der Waals surface area contributed by atoms with E-state index in [1.54, 1.807) is 0 Å². The van der Waals surface area contributed by atoms with Crippen molar-refractivity contribution in [2.45, 2.75) is 51.2 Å². The zero-order chi connectivity index (χ0) is 13.7. The molecule has 1 aliphatic heterocycles. The highest BCUT2D eigenvalue weighted by atomic mass is 79.9. The molecule has 0 aliphatic carbocycles. The second-order valence-electron chi connectivity index (χ2n) is 5.59. The van der Waals surface area contributed by atoms with Crippen LogP contribution in [-0.2, 0) is 0 Å². The van der Waals surface area contributed by atoms with Gasteiger partial charge in [0.15, 0.2) is 0 Å². The number of hydrogen-bond donors (Lipinski definition) is 1. The summed E-state index contributed by atoms with van der Waals surface area (Å²) < 4.78 is 1.06. The minimum atomic E-state index is -0.344. The quantitative estimate of drug-likeness (QED) is 0.899. The summed E-state index contributed by atoms with van der Waals surface area (Å²) >= 11 is 3.42. The molecule has 0 aromatic heterocycles. The zero-order valence-electron chi connectivity index (χ0n) is 11.7. The summed E-state index contributed by atoms with van der Waals surface area (Å²) in [7, 11) is 0. The van der Waals surface area contributed by atoms with Gasteiger partial charge in [0.2, 0.25) is 0 Å². The van der Waals surface area contributed by atoms with E-state index >= 15 is 0 Å². The van der Waals surface area contributed by atoms with Crippen LogP contribution in [0.3, 0.4) is 0 Å². The lowest BCUT2D eigenvalue weighted by Gasteiger charge is -2.27. The standard InChI is InChI=1S/C16H24BrNO/c1-13-5-3-2-4-11-18(13)12-10-16(19)14-6-8-15(17)9-7-14/h6-9,13,16,19H,2-5,10-12H2,1H3. The summed E-state index contributed by atoms with van der Waals surface area (Å²) in [6.07, 6.45) is 5.80. The minimum Gasteiger partial charge on any atom is -0.388 e. The van der Waals surface area contributed by atoms with E-state index in [0.29, 0.717) is 6.04 Å². The molecule has 0 amide bonds. The lowest BCUT2D eigenvalue weighted by Crippen LogP contribution is -2.34. The number of benzene rings is 1. The number of nitrogens with zero attached hydrogens (tertiary/aromatic N) is 1. The summed E-state index contributed by atoms with van der Waals surface area (Å²) in [6, 6.07) is 8.65. The van der Waals surface area contributed by atoms with Gasteiger partial charge in [-0.25, -0.2) is 0 Å².